The van der Waals surface area contributed by atoms with Crippen LogP contribution in [0.5, 0.6) is 0 Å². The molecule has 5 heteroatoms. The molecule has 4 nitrogen and oxygen atoms in total. The molecule has 0 saturated heterocycles. The number of imidazole rings is 1. The Morgan fingerprint density at radius 1 is 1.29 bits per heavy atom. The van der Waals surface area contributed by atoms with Crippen LogP contribution in [0.4, 0.5) is 4.39 Å². The first-order valence-electron chi connectivity index (χ1n) is 6.82. The van der Waals surface area contributed by atoms with Gasteiger partial charge in [0.25, 0.3) is 0 Å². The van der Waals surface area contributed by atoms with Gasteiger partial charge in [0.05, 0.1) is 18.7 Å². The van der Waals surface area contributed by atoms with Crippen molar-refractivity contribution in [1.29, 1.82) is 0 Å². The Hall–Kier alpha value is -2.40. The highest BCUT2D eigenvalue weighted by Crippen LogP contribution is 2.25. The van der Waals surface area contributed by atoms with Crippen LogP contribution in [0, 0.1) is 5.82 Å². The van der Waals surface area contributed by atoms with E-state index in [0.29, 0.717) is 12.2 Å². The zero-order valence-electron chi connectivity index (χ0n) is 11.8. The van der Waals surface area contributed by atoms with E-state index in [2.05, 4.69) is 10.3 Å². The van der Waals surface area contributed by atoms with E-state index >= 15 is 0 Å². The molecule has 1 aromatic carbocycles. The Labute approximate surface area is 122 Å². The van der Waals surface area contributed by atoms with E-state index in [1.165, 1.54) is 6.07 Å². The molecular weight excluding hydrogens is 267 g/mol. The van der Waals surface area contributed by atoms with Gasteiger partial charge < -0.3 is 14.5 Å². The molecule has 0 unspecified atom stereocenters. The fourth-order valence-electron chi connectivity index (χ4n) is 2.43. The molecule has 0 aliphatic heterocycles. The summed E-state index contributed by atoms with van der Waals surface area (Å²) in [5.74, 6) is -0.210. The normalized spacial score (nSPS) is 11.0. The fourth-order valence-corrected chi connectivity index (χ4v) is 2.43. The zero-order chi connectivity index (χ0) is 14.7. The minimum Gasteiger partial charge on any atom is -0.328 e. The third-order valence-electron chi connectivity index (χ3n) is 3.36. The summed E-state index contributed by atoms with van der Waals surface area (Å²) in [5.41, 5.74) is 2.60. The second-order valence-electron chi connectivity index (χ2n) is 4.93. The van der Waals surface area contributed by atoms with Gasteiger partial charge in [-0.1, -0.05) is 12.1 Å². The van der Waals surface area contributed by atoms with Gasteiger partial charge in [-0.3, -0.25) is 0 Å². The van der Waals surface area contributed by atoms with E-state index in [1.54, 1.807) is 24.7 Å². The number of benzene rings is 1. The van der Waals surface area contributed by atoms with E-state index in [1.807, 2.05) is 40.7 Å². The molecular formula is C16H17FN4. The van der Waals surface area contributed by atoms with Gasteiger partial charge in [0.15, 0.2) is 0 Å². The van der Waals surface area contributed by atoms with Crippen LogP contribution in [-0.2, 0) is 13.2 Å². The number of nitrogens with one attached hydrogen (secondary N) is 1. The summed E-state index contributed by atoms with van der Waals surface area (Å²) in [4.78, 5) is 4.04. The summed E-state index contributed by atoms with van der Waals surface area (Å²) < 4.78 is 18.1. The Morgan fingerprint density at radius 2 is 2.14 bits per heavy atom. The standard InChI is InChI=1S/C16H17FN4/c1-18-9-13-8-16(14-4-2-3-5-15(14)17)21(10-13)12-20-7-6-19-11-20/h2-8,10-11,18H,9,12H2,1H3. The van der Waals surface area contributed by atoms with Gasteiger partial charge in [0.1, 0.15) is 5.82 Å². The zero-order valence-corrected chi connectivity index (χ0v) is 11.8. The van der Waals surface area contributed by atoms with Gasteiger partial charge in [-0.15, -0.1) is 0 Å². The van der Waals surface area contributed by atoms with Crippen molar-refractivity contribution in [1.82, 2.24) is 19.4 Å². The maximum Gasteiger partial charge on any atom is 0.132 e. The predicted octanol–water partition coefficient (Wildman–Crippen LogP) is 2.72. The number of aromatic nitrogens is 3. The lowest BCUT2D eigenvalue weighted by Crippen LogP contribution is -2.07. The van der Waals surface area contributed by atoms with Crippen molar-refractivity contribution < 1.29 is 4.39 Å². The first-order valence-corrected chi connectivity index (χ1v) is 6.82. The highest BCUT2D eigenvalue weighted by molar-refractivity contribution is 5.62. The van der Waals surface area contributed by atoms with Crippen LogP contribution < -0.4 is 5.32 Å². The highest BCUT2D eigenvalue weighted by Gasteiger charge is 2.11. The summed E-state index contributed by atoms with van der Waals surface area (Å²) >= 11 is 0. The number of nitrogens with zero attached hydrogens (tertiary/aromatic N) is 3. The molecule has 0 spiro atoms. The molecule has 0 radical (unpaired) electrons. The maximum absolute atomic E-state index is 14.1. The van der Waals surface area contributed by atoms with Crippen molar-refractivity contribution in [3.8, 4) is 11.3 Å². The Balaban J connectivity index is 2.03. The number of rotatable bonds is 5. The topological polar surface area (TPSA) is 34.8 Å². The van der Waals surface area contributed by atoms with Crippen LogP contribution >= 0.6 is 0 Å². The molecule has 108 valence electrons. The Bertz CT molecular complexity index is 716. The lowest BCUT2D eigenvalue weighted by atomic mass is 10.1. The average molecular weight is 284 g/mol. The molecule has 0 fully saturated rings. The second-order valence-corrected chi connectivity index (χ2v) is 4.93. The largest absolute Gasteiger partial charge is 0.328 e. The van der Waals surface area contributed by atoms with Crippen LogP contribution in [-0.4, -0.2) is 21.2 Å². The molecule has 21 heavy (non-hydrogen) atoms. The number of hydrogen-bond acceptors (Lipinski definition) is 2. The first kappa shape index (κ1) is 13.6. The SMILES string of the molecule is CNCc1cc(-c2ccccc2F)n(Cn2ccnc2)c1. The lowest BCUT2D eigenvalue weighted by molar-refractivity contribution is 0.603. The fraction of sp³-hybridized carbons (Fsp3) is 0.188. The number of hydrogen-bond donors (Lipinski definition) is 1. The molecule has 0 aliphatic carbocycles. The molecule has 3 aromatic rings. The van der Waals surface area contributed by atoms with Gasteiger partial charge in [-0.25, -0.2) is 9.37 Å². The molecule has 0 aliphatic rings. The van der Waals surface area contributed by atoms with Crippen LogP contribution in [0.3, 0.4) is 0 Å². The van der Waals surface area contributed by atoms with Crippen molar-refractivity contribution in [2.75, 3.05) is 7.05 Å². The molecule has 0 saturated carbocycles. The summed E-state index contributed by atoms with van der Waals surface area (Å²) in [7, 11) is 1.90. The van der Waals surface area contributed by atoms with Crippen molar-refractivity contribution in [2.45, 2.75) is 13.2 Å². The van der Waals surface area contributed by atoms with E-state index in [-0.39, 0.29) is 5.82 Å². The third-order valence-corrected chi connectivity index (χ3v) is 3.36. The minimum absolute atomic E-state index is 0.210. The van der Waals surface area contributed by atoms with E-state index < -0.39 is 0 Å². The van der Waals surface area contributed by atoms with Crippen molar-refractivity contribution >= 4 is 0 Å². The number of halogens is 1. The second kappa shape index (κ2) is 5.93. The van der Waals surface area contributed by atoms with E-state index in [4.69, 9.17) is 0 Å². The van der Waals surface area contributed by atoms with Crippen LogP contribution in [0.25, 0.3) is 11.3 Å². The summed E-state index contributed by atoms with van der Waals surface area (Å²) in [6.45, 7) is 1.35. The summed E-state index contributed by atoms with van der Waals surface area (Å²) in [6.07, 6.45) is 7.42. The molecule has 2 aromatic heterocycles. The molecule has 0 atom stereocenters. The van der Waals surface area contributed by atoms with Gasteiger partial charge >= 0.3 is 0 Å². The maximum atomic E-state index is 14.1. The molecule has 2 heterocycles. The quantitative estimate of drug-likeness (QED) is 0.782. The average Bonchev–Trinajstić information content (AvgIpc) is 3.11. The summed E-state index contributed by atoms with van der Waals surface area (Å²) in [6, 6.07) is 8.87. The van der Waals surface area contributed by atoms with Crippen LogP contribution in [0.15, 0.2) is 55.2 Å². The summed E-state index contributed by atoms with van der Waals surface area (Å²) in [5, 5.41) is 3.12. The third kappa shape index (κ3) is 2.87. The van der Waals surface area contributed by atoms with Gasteiger partial charge in [-0.05, 0) is 30.8 Å². The Kier molecular flexibility index (Phi) is 3.83. The minimum atomic E-state index is -0.210. The smallest absolute Gasteiger partial charge is 0.132 e. The van der Waals surface area contributed by atoms with Crippen molar-refractivity contribution in [3.63, 3.8) is 0 Å². The lowest BCUT2D eigenvalue weighted by Gasteiger charge is -2.10. The van der Waals surface area contributed by atoms with Gasteiger partial charge in [0.2, 0.25) is 0 Å². The molecule has 1 N–H and O–H groups in total. The van der Waals surface area contributed by atoms with Crippen molar-refractivity contribution in [3.05, 3.63) is 66.6 Å². The van der Waals surface area contributed by atoms with Crippen LogP contribution in [0.1, 0.15) is 5.56 Å². The van der Waals surface area contributed by atoms with Crippen LogP contribution in [0.2, 0.25) is 0 Å². The van der Waals surface area contributed by atoms with E-state index in [9.17, 15) is 4.39 Å². The van der Waals surface area contributed by atoms with Gasteiger partial charge in [0, 0.05) is 30.7 Å². The molecule has 0 bridgehead atoms. The predicted molar refractivity (Wildman–Crippen MR) is 80.2 cm³/mol. The van der Waals surface area contributed by atoms with Gasteiger partial charge in [-0.2, -0.15) is 0 Å². The first-order chi connectivity index (χ1) is 10.3. The molecule has 3 rings (SSSR count). The molecule has 0 amide bonds. The van der Waals surface area contributed by atoms with E-state index in [0.717, 1.165) is 17.8 Å². The monoisotopic (exact) mass is 284 g/mol. The van der Waals surface area contributed by atoms with Crippen molar-refractivity contribution in [2.24, 2.45) is 0 Å². The Morgan fingerprint density at radius 3 is 2.86 bits per heavy atom. The highest BCUT2D eigenvalue weighted by atomic mass is 19.1.